The van der Waals surface area contributed by atoms with Crippen molar-refractivity contribution >= 4 is 17.9 Å². The van der Waals surface area contributed by atoms with Gasteiger partial charge in [0.05, 0.1) is 0 Å². The largest absolute Gasteiger partial charge is 0.407 e. The van der Waals surface area contributed by atoms with Gasteiger partial charge in [0.2, 0.25) is 0 Å². The molecule has 0 unspecified atom stereocenters. The molecule has 22 heavy (non-hydrogen) atoms. The number of nitrogens with zero attached hydrogens (tertiary/aromatic N) is 2. The number of benzene rings is 1. The molecule has 0 saturated carbocycles. The Kier molecular flexibility index (Phi) is 4.05. The summed E-state index contributed by atoms with van der Waals surface area (Å²) in [6.45, 7) is 0. The number of hydrogen-bond donors (Lipinski definition) is 0. The molecular weight excluding hydrogens is 283 g/mol. The summed E-state index contributed by atoms with van der Waals surface area (Å²) >= 11 is 0. The first-order valence-electron chi connectivity index (χ1n) is 6.87. The minimum absolute atomic E-state index is 0.233. The Morgan fingerprint density at radius 3 is 2.77 bits per heavy atom. The highest BCUT2D eigenvalue weighted by atomic mass is 19.1. The van der Waals surface area contributed by atoms with E-state index in [1.165, 1.54) is 6.07 Å². The minimum Gasteiger partial charge on any atom is -0.407 e. The summed E-state index contributed by atoms with van der Waals surface area (Å²) in [5, 5.41) is 0. The normalized spacial score (nSPS) is 15.8. The first-order chi connectivity index (χ1) is 10.7. The number of pyridine rings is 1. The Morgan fingerprint density at radius 2 is 2.00 bits per heavy atom. The number of carbonyl (C=O) groups excluding carboxylic acids is 1. The number of rotatable bonds is 4. The molecule has 0 amide bonds. The van der Waals surface area contributed by atoms with E-state index in [1.54, 1.807) is 42.7 Å². The molecule has 1 aromatic heterocycles. The second-order valence-corrected chi connectivity index (χ2v) is 4.80. The van der Waals surface area contributed by atoms with Crippen LogP contribution in [-0.4, -0.2) is 16.9 Å². The zero-order valence-corrected chi connectivity index (χ0v) is 11.7. The molecular formula is C17H13FN2O2. The molecule has 0 saturated heterocycles. The number of aromatic nitrogens is 1. The monoisotopic (exact) mass is 296 g/mol. The molecule has 1 aliphatic heterocycles. The fraction of sp³-hybridized carbons (Fsp3) is 0.118. The molecule has 0 N–H and O–H groups in total. The summed E-state index contributed by atoms with van der Waals surface area (Å²) in [4.78, 5) is 19.9. The van der Waals surface area contributed by atoms with E-state index in [0.717, 1.165) is 5.56 Å². The van der Waals surface area contributed by atoms with Crippen LogP contribution in [0.4, 0.5) is 4.39 Å². The van der Waals surface area contributed by atoms with E-state index in [2.05, 4.69) is 9.98 Å². The number of hydrogen-bond acceptors (Lipinski definition) is 4. The van der Waals surface area contributed by atoms with Crippen molar-refractivity contribution in [3.63, 3.8) is 0 Å². The van der Waals surface area contributed by atoms with Crippen molar-refractivity contribution in [2.45, 2.75) is 12.8 Å². The van der Waals surface area contributed by atoms with E-state index in [1.807, 2.05) is 6.07 Å². The van der Waals surface area contributed by atoms with Crippen LogP contribution >= 0.6 is 0 Å². The number of aliphatic imine (C=N–C) groups is 1. The van der Waals surface area contributed by atoms with Crippen LogP contribution in [0, 0.1) is 5.82 Å². The van der Waals surface area contributed by atoms with Crippen molar-refractivity contribution < 1.29 is 13.9 Å². The zero-order valence-electron chi connectivity index (χ0n) is 11.7. The smallest absolute Gasteiger partial charge is 0.363 e. The molecule has 1 aromatic carbocycles. The predicted molar refractivity (Wildman–Crippen MR) is 80.5 cm³/mol. The van der Waals surface area contributed by atoms with Crippen molar-refractivity contribution in [2.75, 3.05) is 0 Å². The highest BCUT2D eigenvalue weighted by Gasteiger charge is 2.22. The van der Waals surface area contributed by atoms with Gasteiger partial charge in [0, 0.05) is 18.8 Å². The Labute approximate surface area is 127 Å². The molecule has 0 aliphatic carbocycles. The molecule has 0 fully saturated rings. The number of halogens is 1. The van der Waals surface area contributed by atoms with Crippen LogP contribution in [0.3, 0.4) is 0 Å². The molecule has 5 heteroatoms. The van der Waals surface area contributed by atoms with Gasteiger partial charge in [-0.25, -0.2) is 14.2 Å². The SMILES string of the molecule is O=C1OC(CCc2ccccc2F)=N/C1=C/c1cccnc1. The van der Waals surface area contributed by atoms with Crippen LogP contribution in [0.1, 0.15) is 17.5 Å². The van der Waals surface area contributed by atoms with Gasteiger partial charge in [0.1, 0.15) is 5.82 Å². The molecule has 4 nitrogen and oxygen atoms in total. The van der Waals surface area contributed by atoms with Gasteiger partial charge in [-0.05, 0) is 35.8 Å². The summed E-state index contributed by atoms with van der Waals surface area (Å²) in [6.07, 6.45) is 5.70. The lowest BCUT2D eigenvalue weighted by Crippen LogP contribution is -2.05. The Balaban J connectivity index is 1.71. The van der Waals surface area contributed by atoms with Crippen molar-refractivity contribution in [3.8, 4) is 0 Å². The van der Waals surface area contributed by atoms with Crippen LogP contribution in [0.25, 0.3) is 6.08 Å². The van der Waals surface area contributed by atoms with Gasteiger partial charge < -0.3 is 4.74 Å². The molecule has 2 aromatic rings. The molecule has 1 aliphatic rings. The van der Waals surface area contributed by atoms with Crippen LogP contribution in [0.5, 0.6) is 0 Å². The van der Waals surface area contributed by atoms with Crippen LogP contribution in [0.15, 0.2) is 59.5 Å². The molecule has 110 valence electrons. The van der Waals surface area contributed by atoms with E-state index in [9.17, 15) is 9.18 Å². The van der Waals surface area contributed by atoms with E-state index in [-0.39, 0.29) is 11.5 Å². The predicted octanol–water partition coefficient (Wildman–Crippen LogP) is 3.15. The van der Waals surface area contributed by atoms with Crippen molar-refractivity contribution in [1.29, 1.82) is 0 Å². The van der Waals surface area contributed by atoms with E-state index in [0.29, 0.717) is 24.3 Å². The molecule has 2 heterocycles. The minimum atomic E-state index is -0.493. The summed E-state index contributed by atoms with van der Waals surface area (Å²) in [5.74, 6) is -0.450. The fourth-order valence-electron chi connectivity index (χ4n) is 2.12. The van der Waals surface area contributed by atoms with Crippen LogP contribution in [0.2, 0.25) is 0 Å². The fourth-order valence-corrected chi connectivity index (χ4v) is 2.12. The van der Waals surface area contributed by atoms with Crippen molar-refractivity contribution in [2.24, 2.45) is 4.99 Å². The van der Waals surface area contributed by atoms with Gasteiger partial charge in [-0.3, -0.25) is 4.98 Å². The quantitative estimate of drug-likeness (QED) is 0.643. The number of aryl methyl sites for hydroxylation is 1. The highest BCUT2D eigenvalue weighted by Crippen LogP contribution is 2.18. The van der Waals surface area contributed by atoms with Gasteiger partial charge in [0.25, 0.3) is 0 Å². The van der Waals surface area contributed by atoms with E-state index >= 15 is 0 Å². The highest BCUT2D eigenvalue weighted by molar-refractivity contribution is 6.07. The number of cyclic esters (lactones) is 1. The summed E-state index contributed by atoms with van der Waals surface area (Å²) in [7, 11) is 0. The third kappa shape index (κ3) is 3.25. The van der Waals surface area contributed by atoms with E-state index < -0.39 is 5.97 Å². The summed E-state index contributed by atoms with van der Waals surface area (Å²) in [5.41, 5.74) is 1.58. The van der Waals surface area contributed by atoms with Gasteiger partial charge in [-0.2, -0.15) is 0 Å². The van der Waals surface area contributed by atoms with Crippen LogP contribution < -0.4 is 0 Å². The number of carbonyl (C=O) groups is 1. The standard InChI is InChI=1S/C17H13FN2O2/c18-14-6-2-1-5-13(14)7-8-16-20-15(17(21)22-16)10-12-4-3-9-19-11-12/h1-6,9-11H,7-8H2/b15-10+. The summed E-state index contributed by atoms with van der Waals surface area (Å²) < 4.78 is 18.6. The second-order valence-electron chi connectivity index (χ2n) is 4.80. The van der Waals surface area contributed by atoms with Crippen molar-refractivity contribution in [1.82, 2.24) is 4.98 Å². The Morgan fingerprint density at radius 1 is 1.14 bits per heavy atom. The average Bonchev–Trinajstić information content (AvgIpc) is 2.88. The molecule has 3 rings (SSSR count). The topological polar surface area (TPSA) is 51.5 Å². The van der Waals surface area contributed by atoms with Gasteiger partial charge in [0.15, 0.2) is 11.6 Å². The lowest BCUT2D eigenvalue weighted by molar-refractivity contribution is -0.130. The van der Waals surface area contributed by atoms with Crippen molar-refractivity contribution in [3.05, 3.63) is 71.4 Å². The Hall–Kier alpha value is -2.82. The molecule has 0 bridgehead atoms. The number of esters is 1. The maximum Gasteiger partial charge on any atom is 0.363 e. The molecule has 0 radical (unpaired) electrons. The first-order valence-corrected chi connectivity index (χ1v) is 6.87. The average molecular weight is 296 g/mol. The second kappa shape index (κ2) is 6.30. The van der Waals surface area contributed by atoms with Gasteiger partial charge in [-0.15, -0.1) is 0 Å². The Bertz CT molecular complexity index is 754. The molecule has 0 spiro atoms. The van der Waals surface area contributed by atoms with Crippen LogP contribution in [-0.2, 0) is 16.0 Å². The van der Waals surface area contributed by atoms with Gasteiger partial charge in [-0.1, -0.05) is 24.3 Å². The third-order valence-electron chi connectivity index (χ3n) is 3.22. The third-order valence-corrected chi connectivity index (χ3v) is 3.22. The molecule has 0 atom stereocenters. The lowest BCUT2D eigenvalue weighted by atomic mass is 10.1. The van der Waals surface area contributed by atoms with Gasteiger partial charge >= 0.3 is 5.97 Å². The maximum absolute atomic E-state index is 13.5. The number of ether oxygens (including phenoxy) is 1. The lowest BCUT2D eigenvalue weighted by Gasteiger charge is -2.01. The summed E-state index contributed by atoms with van der Waals surface area (Å²) in [6, 6.07) is 10.1. The van der Waals surface area contributed by atoms with E-state index in [4.69, 9.17) is 4.74 Å². The maximum atomic E-state index is 13.5. The first kappa shape index (κ1) is 14.1. The zero-order chi connectivity index (χ0) is 15.4.